The largest absolute Gasteiger partial charge is 0.368 e. The van der Waals surface area contributed by atoms with Crippen LogP contribution in [0.1, 0.15) is 18.4 Å². The van der Waals surface area contributed by atoms with Crippen LogP contribution in [0.15, 0.2) is 24.3 Å². The first-order valence-electron chi connectivity index (χ1n) is 7.60. The van der Waals surface area contributed by atoms with E-state index in [1.807, 2.05) is 23.1 Å². The molecule has 2 aliphatic heterocycles. The van der Waals surface area contributed by atoms with Crippen LogP contribution in [0.25, 0.3) is 0 Å². The van der Waals surface area contributed by atoms with E-state index in [2.05, 4.69) is 11.0 Å². The number of halogens is 1. The zero-order chi connectivity index (χ0) is 14.7. The van der Waals surface area contributed by atoms with Gasteiger partial charge in [0.05, 0.1) is 0 Å². The van der Waals surface area contributed by atoms with Crippen molar-refractivity contribution >= 4 is 17.5 Å². The van der Waals surface area contributed by atoms with Gasteiger partial charge in [0.25, 0.3) is 5.91 Å². The molecule has 0 aliphatic carbocycles. The number of piperazine rings is 1. The molecule has 0 aromatic heterocycles. The first-order chi connectivity index (χ1) is 10.2. The van der Waals surface area contributed by atoms with Crippen molar-refractivity contribution in [3.8, 4) is 0 Å². The summed E-state index contributed by atoms with van der Waals surface area (Å²) in [4.78, 5) is 16.6. The number of benzene rings is 1. The molecular weight excluding hydrogens is 288 g/mol. The van der Waals surface area contributed by atoms with E-state index in [0.717, 1.165) is 62.8 Å². The van der Waals surface area contributed by atoms with Crippen LogP contribution in [0, 0.1) is 0 Å². The van der Waals surface area contributed by atoms with Gasteiger partial charge in [-0.25, -0.2) is 0 Å². The number of ether oxygens (including phenoxy) is 1. The smallest absolute Gasteiger partial charge is 0.251 e. The second-order valence-electron chi connectivity index (χ2n) is 5.69. The summed E-state index contributed by atoms with van der Waals surface area (Å²) >= 11 is 6.20. The van der Waals surface area contributed by atoms with Crippen LogP contribution in [0.5, 0.6) is 0 Å². The first kappa shape index (κ1) is 14.8. The van der Waals surface area contributed by atoms with Crippen molar-refractivity contribution < 1.29 is 9.53 Å². The lowest BCUT2D eigenvalue weighted by molar-refractivity contribution is -0.142. The lowest BCUT2D eigenvalue weighted by Crippen LogP contribution is -2.51. The number of amides is 1. The molecule has 0 bridgehead atoms. The van der Waals surface area contributed by atoms with Gasteiger partial charge in [-0.05, 0) is 24.5 Å². The molecule has 0 spiro atoms. The maximum Gasteiger partial charge on any atom is 0.251 e. The molecule has 5 heteroatoms. The van der Waals surface area contributed by atoms with Gasteiger partial charge in [-0.2, -0.15) is 0 Å². The topological polar surface area (TPSA) is 32.8 Å². The van der Waals surface area contributed by atoms with Crippen LogP contribution in [0.4, 0.5) is 0 Å². The molecule has 1 atom stereocenters. The molecule has 0 unspecified atom stereocenters. The molecule has 1 aromatic carbocycles. The lowest BCUT2D eigenvalue weighted by Gasteiger charge is -2.35. The lowest BCUT2D eigenvalue weighted by atomic mass is 10.1. The Bertz CT molecular complexity index is 495. The van der Waals surface area contributed by atoms with E-state index in [9.17, 15) is 4.79 Å². The Morgan fingerprint density at radius 1 is 1.24 bits per heavy atom. The van der Waals surface area contributed by atoms with Crippen molar-refractivity contribution in [1.29, 1.82) is 0 Å². The molecule has 0 saturated carbocycles. The molecule has 114 valence electrons. The molecule has 1 aromatic rings. The van der Waals surface area contributed by atoms with Crippen molar-refractivity contribution in [2.24, 2.45) is 0 Å². The number of hydrogen-bond donors (Lipinski definition) is 0. The predicted molar refractivity (Wildman–Crippen MR) is 82.3 cm³/mol. The van der Waals surface area contributed by atoms with E-state index in [1.165, 1.54) is 0 Å². The summed E-state index contributed by atoms with van der Waals surface area (Å²) in [5, 5.41) is 0.815. The van der Waals surface area contributed by atoms with E-state index in [-0.39, 0.29) is 12.0 Å². The predicted octanol–water partition coefficient (Wildman–Crippen LogP) is 2.16. The Labute approximate surface area is 130 Å². The normalized spacial score (nSPS) is 23.5. The average Bonchev–Trinajstić information content (AvgIpc) is 3.04. The Hall–Kier alpha value is -1.10. The maximum atomic E-state index is 12.3. The third-order valence-electron chi connectivity index (χ3n) is 4.24. The molecule has 2 aliphatic rings. The van der Waals surface area contributed by atoms with Crippen LogP contribution in [0.2, 0.25) is 5.02 Å². The zero-order valence-electron chi connectivity index (χ0n) is 12.1. The van der Waals surface area contributed by atoms with Gasteiger partial charge < -0.3 is 9.64 Å². The summed E-state index contributed by atoms with van der Waals surface area (Å²) < 4.78 is 5.48. The first-order valence-corrected chi connectivity index (χ1v) is 7.98. The second kappa shape index (κ2) is 6.77. The van der Waals surface area contributed by atoms with Gasteiger partial charge in [-0.1, -0.05) is 29.8 Å². The quantitative estimate of drug-likeness (QED) is 0.858. The van der Waals surface area contributed by atoms with E-state index < -0.39 is 0 Å². The molecule has 1 amide bonds. The highest BCUT2D eigenvalue weighted by Crippen LogP contribution is 2.19. The minimum absolute atomic E-state index is 0.171. The molecule has 2 heterocycles. The van der Waals surface area contributed by atoms with Crippen molar-refractivity contribution in [3.63, 3.8) is 0 Å². The molecule has 2 fully saturated rings. The number of nitrogens with zero attached hydrogens (tertiary/aromatic N) is 2. The maximum absolute atomic E-state index is 12.3. The molecular formula is C16H21ClN2O2. The number of rotatable bonds is 3. The molecule has 0 N–H and O–H groups in total. The highest BCUT2D eigenvalue weighted by molar-refractivity contribution is 6.31. The van der Waals surface area contributed by atoms with Crippen LogP contribution in [0.3, 0.4) is 0 Å². The molecule has 3 rings (SSSR count). The second-order valence-corrected chi connectivity index (χ2v) is 6.10. The van der Waals surface area contributed by atoms with Gasteiger partial charge in [0.2, 0.25) is 0 Å². The minimum Gasteiger partial charge on any atom is -0.368 e. The third kappa shape index (κ3) is 3.57. The Morgan fingerprint density at radius 3 is 2.67 bits per heavy atom. The van der Waals surface area contributed by atoms with Gasteiger partial charge in [-0.3, -0.25) is 9.69 Å². The summed E-state index contributed by atoms with van der Waals surface area (Å²) in [6, 6.07) is 7.95. The SMILES string of the molecule is O=C([C@H]1CCCO1)N1CCN(Cc2ccccc2Cl)CC1. The standard InChI is InChI=1S/C16H21ClN2O2/c17-14-5-2-1-4-13(14)12-18-7-9-19(10-8-18)16(20)15-6-3-11-21-15/h1-2,4-5,15H,3,6-12H2/t15-/m1/s1. The Morgan fingerprint density at radius 2 is 2.00 bits per heavy atom. The van der Waals surface area contributed by atoms with Gasteiger partial charge >= 0.3 is 0 Å². The highest BCUT2D eigenvalue weighted by Gasteiger charge is 2.30. The van der Waals surface area contributed by atoms with E-state index in [0.29, 0.717) is 0 Å². The fourth-order valence-corrected chi connectivity index (χ4v) is 3.17. The highest BCUT2D eigenvalue weighted by atomic mass is 35.5. The monoisotopic (exact) mass is 308 g/mol. The number of carbonyl (C=O) groups excluding carboxylic acids is 1. The van der Waals surface area contributed by atoms with Gasteiger partial charge in [0.15, 0.2) is 0 Å². The molecule has 4 nitrogen and oxygen atoms in total. The summed E-state index contributed by atoms with van der Waals surface area (Å²) in [6.07, 6.45) is 1.68. The van der Waals surface area contributed by atoms with E-state index in [1.54, 1.807) is 0 Å². The van der Waals surface area contributed by atoms with Crippen LogP contribution < -0.4 is 0 Å². The molecule has 0 radical (unpaired) electrons. The summed E-state index contributed by atoms with van der Waals surface area (Å²) in [5.74, 6) is 0.171. The van der Waals surface area contributed by atoms with E-state index >= 15 is 0 Å². The van der Waals surface area contributed by atoms with Crippen molar-refractivity contribution in [1.82, 2.24) is 9.80 Å². The third-order valence-corrected chi connectivity index (χ3v) is 4.61. The van der Waals surface area contributed by atoms with Crippen molar-refractivity contribution in [3.05, 3.63) is 34.9 Å². The average molecular weight is 309 g/mol. The number of hydrogen-bond acceptors (Lipinski definition) is 3. The fraction of sp³-hybridized carbons (Fsp3) is 0.562. The van der Waals surface area contributed by atoms with Gasteiger partial charge in [-0.15, -0.1) is 0 Å². The van der Waals surface area contributed by atoms with Crippen LogP contribution >= 0.6 is 11.6 Å². The zero-order valence-corrected chi connectivity index (χ0v) is 12.9. The Kier molecular flexibility index (Phi) is 4.78. The van der Waals surface area contributed by atoms with E-state index in [4.69, 9.17) is 16.3 Å². The summed E-state index contributed by atoms with van der Waals surface area (Å²) in [7, 11) is 0. The summed E-state index contributed by atoms with van der Waals surface area (Å²) in [6.45, 7) is 4.92. The fourth-order valence-electron chi connectivity index (χ4n) is 2.97. The van der Waals surface area contributed by atoms with Gasteiger partial charge in [0.1, 0.15) is 6.10 Å². The number of carbonyl (C=O) groups is 1. The van der Waals surface area contributed by atoms with Gasteiger partial charge in [0, 0.05) is 44.4 Å². The van der Waals surface area contributed by atoms with Crippen molar-refractivity contribution in [2.45, 2.75) is 25.5 Å². The Balaban J connectivity index is 1.51. The molecule has 21 heavy (non-hydrogen) atoms. The van der Waals surface area contributed by atoms with Crippen LogP contribution in [-0.4, -0.2) is 54.6 Å². The summed E-state index contributed by atoms with van der Waals surface area (Å²) in [5.41, 5.74) is 1.15. The molecule has 2 saturated heterocycles. The minimum atomic E-state index is -0.194. The van der Waals surface area contributed by atoms with Crippen molar-refractivity contribution in [2.75, 3.05) is 32.8 Å². The van der Waals surface area contributed by atoms with Crippen LogP contribution in [-0.2, 0) is 16.1 Å².